The Hall–Kier alpha value is -12.1. The van der Waals surface area contributed by atoms with Gasteiger partial charge in [-0.15, -0.1) is 0 Å². The number of guanidine groups is 1. The third-order valence-electron chi connectivity index (χ3n) is 17.0. The van der Waals surface area contributed by atoms with E-state index in [1.54, 1.807) is 58.0 Å². The third kappa shape index (κ3) is 37.5. The average Bonchev–Trinajstić information content (AvgIpc) is 0.852. The van der Waals surface area contributed by atoms with Crippen LogP contribution >= 0.6 is 0 Å². The Bertz CT molecular complexity index is 3740. The molecular weight excluding hydrogens is 1480 g/mol. The maximum Gasteiger partial charge on any atom is 0.326 e. The molecule has 0 radical (unpaired) electrons. The summed E-state index contributed by atoms with van der Waals surface area (Å²) in [6.07, 6.45) is -3.38. The van der Waals surface area contributed by atoms with E-state index in [4.69, 9.17) is 34.1 Å². The summed E-state index contributed by atoms with van der Waals surface area (Å²) in [5.41, 5.74) is 29.1. The molecule has 0 unspecified atom stereocenters. The second-order valence-electron chi connectivity index (χ2n) is 27.9. The van der Waals surface area contributed by atoms with Crippen LogP contribution < -0.4 is 103 Å². The normalized spacial score (nSPS) is 14.2. The number of carbonyl (C=O) groups is 16. The predicted molar refractivity (Wildman–Crippen MR) is 408 cm³/mol. The molecule has 3 aromatic rings. The van der Waals surface area contributed by atoms with Crippen LogP contribution in [-0.2, 0) is 96.0 Å². The van der Waals surface area contributed by atoms with Crippen LogP contribution in [0, 0.1) is 17.2 Å². The van der Waals surface area contributed by atoms with Crippen molar-refractivity contribution in [2.45, 2.75) is 198 Å². The lowest BCUT2D eigenvalue weighted by atomic mass is 10.00. The SMILES string of the molecule is CC(C)C[C@H](NC(=O)[C@H](C)NC(=O)[C@H](Cc1ccc(O)cc1)NC(=O)[C@@H](N)CC(N)=O)C(=O)N[C@@H](CCCCN)C(=O)NCC(=O)N[C@@H](CCC(N)=O)C(=O)NCC(=O)N[C@@H](CCCNC(=N)N)C(=O)N[C@H](C(=O)N[C@@H](CC(C)C)C(=O)N[C@@H](Cc1ccc(O)cc1)C(=O)NCC(=O)N[C@@H](Cc1ccccc1)C(=O)O)[C@@H](C)O. The van der Waals surface area contributed by atoms with E-state index >= 15 is 0 Å². The highest BCUT2D eigenvalue weighted by molar-refractivity contribution is 6.00. The third-order valence-corrected chi connectivity index (χ3v) is 17.0. The Morgan fingerprint density at radius 1 is 0.407 bits per heavy atom. The fourth-order valence-electron chi connectivity index (χ4n) is 11.1. The summed E-state index contributed by atoms with van der Waals surface area (Å²) in [6.45, 7) is 6.99. The first kappa shape index (κ1) is 95.1. The second kappa shape index (κ2) is 49.2. The number of carboxylic acids is 1. The molecular formula is C73H110N20O20. The molecule has 0 bridgehead atoms. The molecule has 622 valence electrons. The van der Waals surface area contributed by atoms with Crippen molar-refractivity contribution in [2.75, 3.05) is 32.7 Å². The van der Waals surface area contributed by atoms with Crippen molar-refractivity contribution in [3.05, 3.63) is 95.6 Å². The van der Waals surface area contributed by atoms with Gasteiger partial charge in [-0.05, 0) is 125 Å². The largest absolute Gasteiger partial charge is 0.508 e. The molecule has 0 aliphatic heterocycles. The molecule has 40 nitrogen and oxygen atoms in total. The highest BCUT2D eigenvalue weighted by Gasteiger charge is 2.37. The first-order valence-corrected chi connectivity index (χ1v) is 36.7. The second-order valence-corrected chi connectivity index (χ2v) is 27.9. The Balaban J connectivity index is 1.77. The summed E-state index contributed by atoms with van der Waals surface area (Å²) in [5.74, 6) is -16.9. The highest BCUT2D eigenvalue weighted by atomic mass is 16.4. The van der Waals surface area contributed by atoms with E-state index in [1.165, 1.54) is 55.5 Å². The van der Waals surface area contributed by atoms with Crippen molar-refractivity contribution in [3.8, 4) is 11.5 Å². The van der Waals surface area contributed by atoms with Gasteiger partial charge in [0.2, 0.25) is 88.6 Å². The topological polar surface area (TPSA) is 676 Å². The first-order valence-electron chi connectivity index (χ1n) is 36.7. The monoisotopic (exact) mass is 1590 g/mol. The Labute approximate surface area is 652 Å². The number of amides is 15. The molecule has 0 spiro atoms. The van der Waals surface area contributed by atoms with Gasteiger partial charge >= 0.3 is 5.97 Å². The molecule has 0 fully saturated rings. The molecule has 0 heterocycles. The van der Waals surface area contributed by atoms with Crippen LogP contribution in [0.5, 0.6) is 11.5 Å². The zero-order valence-corrected chi connectivity index (χ0v) is 64.0. The minimum atomic E-state index is -1.85. The van der Waals surface area contributed by atoms with Gasteiger partial charge in [-0.1, -0.05) is 82.3 Å². The van der Waals surface area contributed by atoms with E-state index in [1.807, 2.05) is 0 Å². The van der Waals surface area contributed by atoms with Crippen LogP contribution in [0.3, 0.4) is 0 Å². The lowest BCUT2D eigenvalue weighted by Crippen LogP contribution is -2.61. The molecule has 40 heteroatoms. The lowest BCUT2D eigenvalue weighted by molar-refractivity contribution is -0.141. The molecule has 0 aliphatic carbocycles. The van der Waals surface area contributed by atoms with Crippen LogP contribution in [0.2, 0.25) is 0 Å². The van der Waals surface area contributed by atoms with Gasteiger partial charge in [-0.2, -0.15) is 0 Å². The number of hydrogen-bond acceptors (Lipinski definition) is 22. The molecule has 12 atom stereocenters. The van der Waals surface area contributed by atoms with E-state index in [2.05, 4.69) is 74.4 Å². The van der Waals surface area contributed by atoms with Gasteiger partial charge in [-0.3, -0.25) is 77.3 Å². The molecule has 3 rings (SSSR count). The molecule has 0 aliphatic rings. The lowest BCUT2D eigenvalue weighted by Gasteiger charge is -2.28. The standard InChI is InChI=1S/C73H110N20O20/c1-38(2)29-51(89-62(102)40(5)84-68(108)54(32-44-19-23-46(96)24-20-44)90-63(103)47(75)34-57(77)98)69(109)88-48(15-10-11-27-74)64(104)81-36-59(100)86-50(25-26-56(76)97)65(105)82-35-58(99)85-49(16-12-28-80-73(78)79)67(107)93-61(41(6)94)71(111)92-52(30-39(3)4)70(110)91-53(31-43-17-21-45(95)22-18-43)66(106)83-37-60(101)87-55(72(112)113)33-42-13-8-7-9-14-42/h7-9,13-14,17-24,38-41,47-55,61,94-96H,10-12,15-16,25-37,74-75H2,1-6H3,(H2,76,97)(H2,77,98)(H,81,104)(H,82,105)(H,83,106)(H,84,108)(H,85,99)(H,86,100)(H,87,101)(H,88,109)(H,89,102)(H,90,103)(H,91,110)(H,92,111)(H,93,107)(H,112,113)(H4,78,79,80)/t40-,41+,47-,48-,49-,50-,51-,52-,53-,54-,55-,61-/m0/s1. The van der Waals surface area contributed by atoms with Crippen molar-refractivity contribution >= 4 is 101 Å². The minimum absolute atomic E-state index is 0.00280. The Morgan fingerprint density at radius 3 is 1.25 bits per heavy atom. The van der Waals surface area contributed by atoms with Crippen LogP contribution in [0.4, 0.5) is 0 Å². The summed E-state index contributed by atoms with van der Waals surface area (Å²) in [4.78, 5) is 215. The number of aliphatic carboxylic acids is 1. The smallest absolute Gasteiger partial charge is 0.326 e. The number of rotatable bonds is 51. The van der Waals surface area contributed by atoms with Gasteiger partial charge in [0.1, 0.15) is 71.9 Å². The molecule has 113 heavy (non-hydrogen) atoms. The number of nitrogens with one attached hydrogen (secondary N) is 15. The van der Waals surface area contributed by atoms with Crippen molar-refractivity contribution in [3.63, 3.8) is 0 Å². The zero-order valence-electron chi connectivity index (χ0n) is 64.0. The Morgan fingerprint density at radius 2 is 0.796 bits per heavy atom. The number of carbonyl (C=O) groups excluding carboxylic acids is 15. The fourth-order valence-corrected chi connectivity index (χ4v) is 11.1. The number of phenols is 2. The number of nitrogens with two attached hydrogens (primary N) is 5. The number of carboxylic acid groups (broad SMARTS) is 1. The molecule has 0 aromatic heterocycles. The number of aliphatic hydroxyl groups excluding tert-OH is 1. The van der Waals surface area contributed by atoms with Gasteiger partial charge in [-0.25, -0.2) is 4.79 Å². The number of unbranched alkanes of at least 4 members (excludes halogenated alkanes) is 1. The number of hydrogen-bond donors (Lipinski definition) is 24. The number of aliphatic hydroxyl groups is 1. The van der Waals surface area contributed by atoms with Gasteiger partial charge < -0.3 is 124 Å². The number of aromatic hydroxyl groups is 2. The summed E-state index contributed by atoms with van der Waals surface area (Å²) in [6, 6.07) is 3.41. The number of benzene rings is 3. The van der Waals surface area contributed by atoms with Gasteiger partial charge in [0.05, 0.1) is 38.2 Å². The van der Waals surface area contributed by atoms with Crippen molar-refractivity contribution in [2.24, 2.45) is 40.5 Å². The Kier molecular flexibility index (Phi) is 41.5. The van der Waals surface area contributed by atoms with Crippen LogP contribution in [-0.4, -0.2) is 226 Å². The summed E-state index contributed by atoms with van der Waals surface area (Å²) in [5, 5.41) is 82.5. The molecule has 0 saturated carbocycles. The molecule has 0 saturated heterocycles. The van der Waals surface area contributed by atoms with E-state index < -0.39 is 212 Å². The molecule has 15 amide bonds. The minimum Gasteiger partial charge on any atom is -0.508 e. The van der Waals surface area contributed by atoms with Crippen molar-refractivity contribution < 1.29 is 97.1 Å². The molecule has 29 N–H and O–H groups in total. The number of primary amides is 2. The fraction of sp³-hybridized carbons (Fsp3) is 0.521. The van der Waals surface area contributed by atoms with Gasteiger partial charge in [0.15, 0.2) is 5.96 Å². The quantitative estimate of drug-likeness (QED) is 0.0142. The van der Waals surface area contributed by atoms with Gasteiger partial charge in [0.25, 0.3) is 0 Å². The van der Waals surface area contributed by atoms with E-state index in [0.717, 1.165) is 6.92 Å². The summed E-state index contributed by atoms with van der Waals surface area (Å²) < 4.78 is 0. The first-order chi connectivity index (χ1) is 53.2. The zero-order chi connectivity index (χ0) is 84.6. The maximum atomic E-state index is 14.3. The summed E-state index contributed by atoms with van der Waals surface area (Å²) in [7, 11) is 0. The van der Waals surface area contributed by atoms with Crippen molar-refractivity contribution in [1.82, 2.24) is 74.4 Å². The maximum absolute atomic E-state index is 14.3. The molecule has 3 aromatic carbocycles. The highest BCUT2D eigenvalue weighted by Crippen LogP contribution is 2.16. The average molecular weight is 1590 g/mol. The van der Waals surface area contributed by atoms with E-state index in [-0.39, 0.29) is 94.2 Å². The summed E-state index contributed by atoms with van der Waals surface area (Å²) >= 11 is 0. The van der Waals surface area contributed by atoms with E-state index in [0.29, 0.717) is 23.1 Å². The van der Waals surface area contributed by atoms with Crippen LogP contribution in [0.15, 0.2) is 78.9 Å². The van der Waals surface area contributed by atoms with Crippen LogP contribution in [0.1, 0.15) is 122 Å². The van der Waals surface area contributed by atoms with Crippen LogP contribution in [0.25, 0.3) is 0 Å². The van der Waals surface area contributed by atoms with Gasteiger partial charge in [0, 0.05) is 32.2 Å². The predicted octanol–water partition coefficient (Wildman–Crippen LogP) is -6.24. The van der Waals surface area contributed by atoms with E-state index in [9.17, 15) is 97.1 Å². The number of phenolic OH excluding ortho intramolecular Hbond substituents is 2. The van der Waals surface area contributed by atoms with Crippen molar-refractivity contribution in [1.29, 1.82) is 5.41 Å².